The molecule has 2 bridgehead atoms. The van der Waals surface area contributed by atoms with Crippen molar-refractivity contribution in [2.45, 2.75) is 37.1 Å². The second-order valence-corrected chi connectivity index (χ2v) is 8.48. The molecule has 1 heterocycles. The smallest absolute Gasteiger partial charge is 0.246 e. The van der Waals surface area contributed by atoms with Crippen molar-refractivity contribution in [2.24, 2.45) is 7.05 Å². The van der Waals surface area contributed by atoms with Gasteiger partial charge in [-0.25, -0.2) is 23.9 Å². The number of halogens is 4. The first-order valence-corrected chi connectivity index (χ1v) is 9.57. The van der Waals surface area contributed by atoms with Crippen LogP contribution in [0.3, 0.4) is 0 Å². The number of aromatic nitrogens is 3. The Balaban J connectivity index is 2.12. The van der Waals surface area contributed by atoms with E-state index in [0.717, 1.165) is 34.1 Å². The third-order valence-corrected chi connectivity index (χ3v) is 7.72. The minimum atomic E-state index is -0.860. The lowest BCUT2D eigenvalue weighted by Gasteiger charge is -2.35. The largest absolute Gasteiger partial charge is 0.347 e. The van der Waals surface area contributed by atoms with E-state index in [2.05, 4.69) is 11.7 Å². The van der Waals surface area contributed by atoms with E-state index < -0.39 is 16.9 Å². The lowest BCUT2D eigenvalue weighted by molar-refractivity contribution is 0.269. The molecule has 1 unspecified atom stereocenters. The summed E-state index contributed by atoms with van der Waals surface area (Å²) in [5.41, 5.74) is 0.543. The highest BCUT2D eigenvalue weighted by molar-refractivity contribution is 6.52. The summed E-state index contributed by atoms with van der Waals surface area (Å²) >= 11 is 25.6. The van der Waals surface area contributed by atoms with Crippen LogP contribution in [0.2, 0.25) is 20.1 Å². The van der Waals surface area contributed by atoms with Crippen molar-refractivity contribution in [3.05, 3.63) is 64.3 Å². The van der Waals surface area contributed by atoms with Gasteiger partial charge in [-0.15, -0.1) is 0 Å². The first-order chi connectivity index (χ1) is 12.2. The second kappa shape index (κ2) is 5.68. The molecule has 1 fully saturated rings. The van der Waals surface area contributed by atoms with Crippen LogP contribution in [0.1, 0.15) is 42.7 Å². The van der Waals surface area contributed by atoms with E-state index in [9.17, 15) is 9.59 Å². The van der Waals surface area contributed by atoms with E-state index in [-0.39, 0.29) is 21.9 Å². The van der Waals surface area contributed by atoms with Gasteiger partial charge in [0.15, 0.2) is 0 Å². The highest BCUT2D eigenvalue weighted by Gasteiger charge is 2.62. The van der Waals surface area contributed by atoms with Crippen LogP contribution in [0.5, 0.6) is 0 Å². The molecule has 1 N–H and O–H groups in total. The minimum Gasteiger partial charge on any atom is -0.246 e. The van der Waals surface area contributed by atoms with Gasteiger partial charge in [-0.1, -0.05) is 58.6 Å². The van der Waals surface area contributed by atoms with Gasteiger partial charge in [0.1, 0.15) is 5.54 Å². The fourth-order valence-electron chi connectivity index (χ4n) is 4.90. The molecule has 0 aliphatic heterocycles. The summed E-state index contributed by atoms with van der Waals surface area (Å²) in [6, 6.07) is 0. The Labute approximate surface area is 169 Å². The zero-order valence-electron chi connectivity index (χ0n) is 14.0. The monoisotopic (exact) mass is 433 g/mol. The van der Waals surface area contributed by atoms with Crippen LogP contribution in [0.25, 0.3) is 0 Å². The number of fused-ring (bicyclic) bond motifs is 5. The maximum atomic E-state index is 12.8. The van der Waals surface area contributed by atoms with E-state index in [4.69, 9.17) is 46.4 Å². The predicted molar refractivity (Wildman–Crippen MR) is 104 cm³/mol. The number of nitrogens with zero attached hydrogens (tertiary/aromatic N) is 2. The lowest BCUT2D eigenvalue weighted by Crippen LogP contribution is -2.45. The zero-order valence-corrected chi connectivity index (χ0v) is 17.0. The molecule has 138 valence electrons. The topological polar surface area (TPSA) is 59.8 Å². The average Bonchev–Trinajstić information content (AvgIpc) is 3.20. The van der Waals surface area contributed by atoms with Crippen molar-refractivity contribution in [3.63, 3.8) is 0 Å². The summed E-state index contributed by atoms with van der Waals surface area (Å²) in [4.78, 5) is 24.9. The van der Waals surface area contributed by atoms with Crippen molar-refractivity contribution in [1.29, 1.82) is 0 Å². The molecule has 4 rings (SSSR count). The Kier molecular flexibility index (Phi) is 3.98. The van der Waals surface area contributed by atoms with Crippen molar-refractivity contribution < 1.29 is 0 Å². The molecule has 1 aromatic heterocycles. The SMILES string of the molecule is C=C(C)C1(n2[nH]c(=O)n(C)c2=O)[C@@H]2CC[C@H]1c1c(Cl)c(Cl)c(Cl)c(Cl)c12. The molecule has 2 aromatic rings. The van der Waals surface area contributed by atoms with Gasteiger partial charge in [-0.2, -0.15) is 0 Å². The normalized spacial score (nSPS) is 26.4. The molecule has 2 aliphatic rings. The summed E-state index contributed by atoms with van der Waals surface area (Å²) in [5.74, 6) is -0.369. The van der Waals surface area contributed by atoms with Gasteiger partial charge in [0, 0.05) is 18.9 Å². The maximum absolute atomic E-state index is 12.8. The highest BCUT2D eigenvalue weighted by atomic mass is 35.5. The van der Waals surface area contributed by atoms with Gasteiger partial charge in [0.2, 0.25) is 0 Å². The van der Waals surface area contributed by atoms with Crippen molar-refractivity contribution in [3.8, 4) is 0 Å². The number of nitrogens with one attached hydrogen (secondary N) is 1. The standard InChI is InChI=1S/C17H15Cl4N3O2/c1-6(2)17(24-16(26)23(3)15(25)22-24)7-4-5-8(17)10-9(7)11(18)13(20)14(21)12(10)19/h7-8H,1,4-5H2,2-3H3,(H,22,25)/t7-,8+,17?. The van der Waals surface area contributed by atoms with Gasteiger partial charge in [-0.05, 0) is 30.9 Å². The summed E-state index contributed by atoms with van der Waals surface area (Å²) < 4.78 is 2.42. The molecule has 0 saturated heterocycles. The van der Waals surface area contributed by atoms with Crippen molar-refractivity contribution >= 4 is 46.4 Å². The molecule has 1 saturated carbocycles. The van der Waals surface area contributed by atoms with E-state index >= 15 is 0 Å². The van der Waals surface area contributed by atoms with Crippen LogP contribution in [-0.4, -0.2) is 14.3 Å². The highest BCUT2D eigenvalue weighted by Crippen LogP contribution is 2.69. The van der Waals surface area contributed by atoms with Crippen LogP contribution >= 0.6 is 46.4 Å². The predicted octanol–water partition coefficient (Wildman–Crippen LogP) is 4.43. The van der Waals surface area contributed by atoms with Crippen LogP contribution in [-0.2, 0) is 12.6 Å². The number of hydrogen-bond acceptors (Lipinski definition) is 2. The number of rotatable bonds is 2. The Bertz CT molecular complexity index is 1050. The van der Waals surface area contributed by atoms with Crippen molar-refractivity contribution in [2.75, 3.05) is 0 Å². The molecule has 0 amide bonds. The van der Waals surface area contributed by atoms with Crippen LogP contribution in [0, 0.1) is 0 Å². The first-order valence-electron chi connectivity index (χ1n) is 8.05. The summed E-state index contributed by atoms with van der Waals surface area (Å²) in [7, 11) is 1.43. The van der Waals surface area contributed by atoms with Crippen LogP contribution in [0.15, 0.2) is 21.7 Å². The molecular weight excluding hydrogens is 420 g/mol. The van der Waals surface area contributed by atoms with E-state index in [1.807, 2.05) is 6.92 Å². The number of benzene rings is 1. The van der Waals surface area contributed by atoms with E-state index in [1.165, 1.54) is 11.7 Å². The number of H-pyrrole nitrogens is 1. The third-order valence-electron chi connectivity index (χ3n) is 5.89. The van der Waals surface area contributed by atoms with Crippen LogP contribution < -0.4 is 11.4 Å². The number of aromatic amines is 1. The van der Waals surface area contributed by atoms with E-state index in [0.29, 0.717) is 10.0 Å². The minimum absolute atomic E-state index is 0.185. The Morgan fingerprint density at radius 1 is 1.04 bits per heavy atom. The Morgan fingerprint density at radius 2 is 1.50 bits per heavy atom. The molecule has 9 heteroatoms. The van der Waals surface area contributed by atoms with Gasteiger partial charge < -0.3 is 0 Å². The Morgan fingerprint density at radius 3 is 1.85 bits per heavy atom. The van der Waals surface area contributed by atoms with Gasteiger partial charge >= 0.3 is 11.4 Å². The lowest BCUT2D eigenvalue weighted by atomic mass is 9.79. The van der Waals surface area contributed by atoms with Gasteiger partial charge in [0.05, 0.1) is 20.1 Å². The maximum Gasteiger partial charge on any atom is 0.347 e. The third kappa shape index (κ3) is 1.90. The molecule has 5 nitrogen and oxygen atoms in total. The second-order valence-electron chi connectivity index (χ2n) is 6.97. The average molecular weight is 435 g/mol. The van der Waals surface area contributed by atoms with E-state index in [1.54, 1.807) is 0 Å². The summed E-state index contributed by atoms with van der Waals surface area (Å²) in [5, 5.41) is 3.78. The van der Waals surface area contributed by atoms with Gasteiger partial charge in [0.25, 0.3) is 0 Å². The molecule has 1 aromatic carbocycles. The number of hydrogen-bond donors (Lipinski definition) is 1. The molecule has 0 spiro atoms. The quantitative estimate of drug-likeness (QED) is 0.431. The first kappa shape index (κ1) is 18.2. The molecule has 0 radical (unpaired) electrons. The van der Waals surface area contributed by atoms with Crippen LogP contribution in [0.4, 0.5) is 0 Å². The molecule has 2 aliphatic carbocycles. The summed E-state index contributed by atoms with van der Waals surface area (Å²) in [6.07, 6.45) is 1.53. The fourth-order valence-corrected chi connectivity index (χ4v) is 6.04. The molecule has 26 heavy (non-hydrogen) atoms. The van der Waals surface area contributed by atoms with Crippen molar-refractivity contribution in [1.82, 2.24) is 14.3 Å². The molecule has 3 atom stereocenters. The fraction of sp³-hybridized carbons (Fsp3) is 0.412. The summed E-state index contributed by atoms with van der Waals surface area (Å²) in [6.45, 7) is 6.00. The molecular formula is C17H15Cl4N3O2. The zero-order chi connectivity index (χ0) is 19.1. The van der Waals surface area contributed by atoms with Gasteiger partial charge in [-0.3, -0.25) is 0 Å². The Hall–Kier alpha value is -1.14. The number of allylic oxidation sites excluding steroid dienone is 1.